The third kappa shape index (κ3) is 4.05. The number of nitrogens with zero attached hydrogens (tertiary/aromatic N) is 3. The Morgan fingerprint density at radius 1 is 1.21 bits per heavy atom. The fourth-order valence-electron chi connectivity index (χ4n) is 4.22. The third-order valence-corrected chi connectivity index (χ3v) is 5.50. The molecule has 5 heteroatoms. The Labute approximate surface area is 144 Å². The van der Waals surface area contributed by atoms with Crippen molar-refractivity contribution in [3.63, 3.8) is 0 Å². The smallest absolute Gasteiger partial charge is 0.224 e. The molecule has 1 aromatic rings. The van der Waals surface area contributed by atoms with Crippen LogP contribution in [0.4, 0.5) is 0 Å². The van der Waals surface area contributed by atoms with Crippen LogP contribution in [0.25, 0.3) is 0 Å². The zero-order valence-corrected chi connectivity index (χ0v) is 14.7. The van der Waals surface area contributed by atoms with E-state index in [9.17, 15) is 9.59 Å². The Bertz CT molecular complexity index is 581. The molecular weight excluding hydrogens is 302 g/mol. The van der Waals surface area contributed by atoms with Crippen LogP contribution in [0.2, 0.25) is 0 Å². The molecule has 0 radical (unpaired) electrons. The van der Waals surface area contributed by atoms with Crippen molar-refractivity contribution < 1.29 is 9.59 Å². The Kier molecular flexibility index (Phi) is 5.69. The van der Waals surface area contributed by atoms with Crippen LogP contribution >= 0.6 is 0 Å². The maximum Gasteiger partial charge on any atom is 0.224 e. The number of amides is 1. The van der Waals surface area contributed by atoms with E-state index in [2.05, 4.69) is 5.10 Å². The van der Waals surface area contributed by atoms with Crippen molar-refractivity contribution in [2.45, 2.75) is 77.3 Å². The second kappa shape index (κ2) is 7.95. The normalized spacial score (nSPS) is 25.5. The van der Waals surface area contributed by atoms with Crippen molar-refractivity contribution in [2.24, 2.45) is 5.92 Å². The zero-order valence-electron chi connectivity index (χ0n) is 14.7. The largest absolute Gasteiger partial charge is 0.339 e. The summed E-state index contributed by atoms with van der Waals surface area (Å²) in [6.07, 6.45) is 12.4. The fraction of sp³-hybridized carbons (Fsp3) is 0.737. The van der Waals surface area contributed by atoms with Crippen LogP contribution in [0.15, 0.2) is 12.4 Å². The van der Waals surface area contributed by atoms with Gasteiger partial charge in [-0.3, -0.25) is 14.3 Å². The first-order chi connectivity index (χ1) is 11.6. The number of rotatable bonds is 4. The van der Waals surface area contributed by atoms with Gasteiger partial charge in [-0.05, 0) is 38.2 Å². The number of likely N-dealkylation sites (tertiary alicyclic amines) is 1. The van der Waals surface area contributed by atoms with Gasteiger partial charge >= 0.3 is 0 Å². The molecule has 1 aromatic heterocycles. The highest BCUT2D eigenvalue weighted by Crippen LogP contribution is 2.31. The van der Waals surface area contributed by atoms with Gasteiger partial charge in [0.2, 0.25) is 5.91 Å². The molecule has 0 bridgehead atoms. The minimum Gasteiger partial charge on any atom is -0.339 e. The van der Waals surface area contributed by atoms with Gasteiger partial charge in [0.05, 0.1) is 6.20 Å². The molecule has 2 fully saturated rings. The lowest BCUT2D eigenvalue weighted by Crippen LogP contribution is -2.47. The predicted octanol–water partition coefficient (Wildman–Crippen LogP) is 3.11. The summed E-state index contributed by atoms with van der Waals surface area (Å²) in [5.41, 5.74) is 1.11. The van der Waals surface area contributed by atoms with E-state index in [1.165, 1.54) is 6.42 Å². The monoisotopic (exact) mass is 331 g/mol. The molecule has 2 atom stereocenters. The maximum absolute atomic E-state index is 12.9. The van der Waals surface area contributed by atoms with E-state index in [0.717, 1.165) is 50.6 Å². The summed E-state index contributed by atoms with van der Waals surface area (Å²) in [4.78, 5) is 27.3. The van der Waals surface area contributed by atoms with Crippen molar-refractivity contribution in [1.29, 1.82) is 0 Å². The average Bonchev–Trinajstić information content (AvgIpc) is 2.84. The van der Waals surface area contributed by atoms with Crippen molar-refractivity contribution in [3.8, 4) is 0 Å². The fourth-order valence-corrected chi connectivity index (χ4v) is 4.22. The highest BCUT2D eigenvalue weighted by Gasteiger charge is 2.36. The van der Waals surface area contributed by atoms with Crippen LogP contribution < -0.4 is 0 Å². The number of Topliss-reactive ketones (excluding diaryl/α,β-unsaturated/α-hetero) is 1. The number of aromatic nitrogens is 2. The van der Waals surface area contributed by atoms with Gasteiger partial charge in [0.25, 0.3) is 0 Å². The van der Waals surface area contributed by atoms with E-state index in [4.69, 9.17) is 0 Å². The minimum atomic E-state index is 0.0766. The lowest BCUT2D eigenvalue weighted by Gasteiger charge is -2.37. The van der Waals surface area contributed by atoms with Gasteiger partial charge in [0.15, 0.2) is 0 Å². The molecule has 1 amide bonds. The molecule has 1 saturated carbocycles. The second-order valence-electron chi connectivity index (χ2n) is 7.35. The average molecular weight is 331 g/mol. The molecule has 1 aliphatic carbocycles. The summed E-state index contributed by atoms with van der Waals surface area (Å²) in [5, 5.41) is 4.26. The van der Waals surface area contributed by atoms with Crippen LogP contribution in [0.3, 0.4) is 0 Å². The van der Waals surface area contributed by atoms with Crippen molar-refractivity contribution in [3.05, 3.63) is 18.0 Å². The molecule has 2 aliphatic rings. The number of carbonyl (C=O) groups excluding carboxylic acids is 2. The van der Waals surface area contributed by atoms with Gasteiger partial charge < -0.3 is 4.90 Å². The van der Waals surface area contributed by atoms with E-state index in [0.29, 0.717) is 25.2 Å². The first-order valence-electron chi connectivity index (χ1n) is 9.46. The molecular formula is C19H29N3O2. The predicted molar refractivity (Wildman–Crippen MR) is 92.5 cm³/mol. The van der Waals surface area contributed by atoms with Gasteiger partial charge in [-0.25, -0.2) is 0 Å². The molecule has 2 heterocycles. The Morgan fingerprint density at radius 3 is 2.79 bits per heavy atom. The van der Waals surface area contributed by atoms with E-state index < -0.39 is 0 Å². The number of carbonyl (C=O) groups is 2. The van der Waals surface area contributed by atoms with Gasteiger partial charge in [-0.15, -0.1) is 0 Å². The van der Waals surface area contributed by atoms with E-state index >= 15 is 0 Å². The number of aryl methyl sites for hydroxylation is 2. The standard InChI is InChI=1S/C19H29N3O2/c1-15-13-20-21(14-15)12-10-19(24)22-11-6-2-3-8-17(22)16-7-4-5-9-18(16)23/h13-14,16-17H,2-12H2,1H3. The van der Waals surface area contributed by atoms with Crippen molar-refractivity contribution in [2.75, 3.05) is 6.54 Å². The molecule has 132 valence electrons. The van der Waals surface area contributed by atoms with Crippen LogP contribution in [-0.2, 0) is 16.1 Å². The molecule has 5 nitrogen and oxygen atoms in total. The first-order valence-corrected chi connectivity index (χ1v) is 9.46. The molecule has 2 unspecified atom stereocenters. The highest BCUT2D eigenvalue weighted by molar-refractivity contribution is 5.84. The van der Waals surface area contributed by atoms with Gasteiger partial charge in [-0.2, -0.15) is 5.10 Å². The van der Waals surface area contributed by atoms with E-state index in [1.807, 2.05) is 28.9 Å². The topological polar surface area (TPSA) is 55.2 Å². The molecule has 24 heavy (non-hydrogen) atoms. The number of ketones is 1. The summed E-state index contributed by atoms with van der Waals surface area (Å²) in [5.74, 6) is 0.648. The van der Waals surface area contributed by atoms with E-state index in [-0.39, 0.29) is 17.9 Å². The Balaban J connectivity index is 1.66. The quantitative estimate of drug-likeness (QED) is 0.852. The molecule has 0 aromatic carbocycles. The first kappa shape index (κ1) is 17.2. The van der Waals surface area contributed by atoms with Gasteiger partial charge in [-0.1, -0.05) is 19.3 Å². The molecule has 1 aliphatic heterocycles. The van der Waals surface area contributed by atoms with Crippen LogP contribution in [-0.4, -0.2) is 39.0 Å². The van der Waals surface area contributed by atoms with Gasteiger partial charge in [0.1, 0.15) is 5.78 Å². The summed E-state index contributed by atoms with van der Waals surface area (Å²) in [6.45, 7) is 3.44. The zero-order chi connectivity index (χ0) is 16.9. The molecule has 0 spiro atoms. The van der Waals surface area contributed by atoms with E-state index in [1.54, 1.807) is 0 Å². The molecule has 3 rings (SSSR count). The number of hydrogen-bond donors (Lipinski definition) is 0. The molecule has 0 N–H and O–H groups in total. The lowest BCUT2D eigenvalue weighted by molar-refractivity contribution is -0.138. The van der Waals surface area contributed by atoms with Crippen LogP contribution in [0.5, 0.6) is 0 Å². The summed E-state index contributed by atoms with van der Waals surface area (Å²) >= 11 is 0. The Morgan fingerprint density at radius 2 is 2.04 bits per heavy atom. The summed E-state index contributed by atoms with van der Waals surface area (Å²) < 4.78 is 1.84. The molecule has 1 saturated heterocycles. The summed E-state index contributed by atoms with van der Waals surface area (Å²) in [7, 11) is 0. The Hall–Kier alpha value is -1.65. The number of hydrogen-bond acceptors (Lipinski definition) is 3. The SMILES string of the molecule is Cc1cnn(CCC(=O)N2CCCCCC2C2CCCCC2=O)c1. The second-order valence-corrected chi connectivity index (χ2v) is 7.35. The maximum atomic E-state index is 12.9. The minimum absolute atomic E-state index is 0.0766. The van der Waals surface area contributed by atoms with Crippen LogP contribution in [0, 0.1) is 12.8 Å². The summed E-state index contributed by atoms with van der Waals surface area (Å²) in [6, 6.07) is 0.132. The van der Waals surface area contributed by atoms with Crippen LogP contribution in [0.1, 0.15) is 63.4 Å². The van der Waals surface area contributed by atoms with Crippen molar-refractivity contribution >= 4 is 11.7 Å². The van der Waals surface area contributed by atoms with Gasteiger partial charge in [0, 0.05) is 44.1 Å². The lowest BCUT2D eigenvalue weighted by atomic mass is 9.80. The highest BCUT2D eigenvalue weighted by atomic mass is 16.2. The van der Waals surface area contributed by atoms with Crippen molar-refractivity contribution in [1.82, 2.24) is 14.7 Å². The third-order valence-electron chi connectivity index (χ3n) is 5.50.